The molecule has 0 saturated carbocycles. The minimum Gasteiger partial charge on any atom is -0.0616 e. The van der Waals surface area contributed by atoms with Crippen LogP contribution in [0.15, 0.2) is 60.7 Å². The molecule has 0 heteroatoms. The zero-order valence-electron chi connectivity index (χ0n) is 12.8. The van der Waals surface area contributed by atoms with Gasteiger partial charge in [-0.1, -0.05) is 54.6 Å². The lowest BCUT2D eigenvalue weighted by atomic mass is 9.86. The maximum absolute atomic E-state index is 2.37. The lowest BCUT2D eigenvalue weighted by molar-refractivity contribution is 1.42. The van der Waals surface area contributed by atoms with E-state index in [9.17, 15) is 0 Å². The van der Waals surface area contributed by atoms with Gasteiger partial charge in [0.15, 0.2) is 0 Å². The second-order valence-corrected chi connectivity index (χ2v) is 6.29. The van der Waals surface area contributed by atoms with Crippen molar-refractivity contribution in [3.8, 4) is 0 Å². The molecular weight excluding hydrogens is 264 g/mol. The standard InChI is InChI=1S/C22H16/c1-13-14(2)20-12-16-6-3-4-8-18(16)19-11-10-15-7-5-9-17(13)21(15)22(19)20/h3-12H,1-2H3. The van der Waals surface area contributed by atoms with E-state index in [0.29, 0.717) is 0 Å². The Bertz CT molecular complexity index is 1180. The van der Waals surface area contributed by atoms with Gasteiger partial charge in [0, 0.05) is 0 Å². The highest BCUT2D eigenvalue weighted by atomic mass is 14.2. The summed E-state index contributed by atoms with van der Waals surface area (Å²) < 4.78 is 0. The van der Waals surface area contributed by atoms with Crippen molar-refractivity contribution in [3.63, 3.8) is 0 Å². The minimum absolute atomic E-state index is 1.33. The largest absolute Gasteiger partial charge is 0.0616 e. The molecule has 0 bridgehead atoms. The van der Waals surface area contributed by atoms with Crippen LogP contribution in [0.5, 0.6) is 0 Å². The first-order chi connectivity index (χ1) is 10.8. The fraction of sp³-hybridized carbons (Fsp3) is 0.0909. The molecule has 0 aromatic heterocycles. The summed E-state index contributed by atoms with van der Waals surface area (Å²) in [5.74, 6) is 0. The summed E-state index contributed by atoms with van der Waals surface area (Å²) in [6.45, 7) is 4.51. The summed E-state index contributed by atoms with van der Waals surface area (Å²) in [4.78, 5) is 0. The molecule has 0 aliphatic carbocycles. The van der Waals surface area contributed by atoms with Gasteiger partial charge in [0.05, 0.1) is 0 Å². The van der Waals surface area contributed by atoms with E-state index >= 15 is 0 Å². The van der Waals surface area contributed by atoms with Crippen LogP contribution in [-0.4, -0.2) is 0 Å². The molecule has 5 aromatic rings. The van der Waals surface area contributed by atoms with Crippen LogP contribution in [0.25, 0.3) is 43.1 Å². The quantitative estimate of drug-likeness (QED) is 0.229. The second kappa shape index (κ2) is 3.98. The van der Waals surface area contributed by atoms with Gasteiger partial charge in [0.25, 0.3) is 0 Å². The Morgan fingerprint density at radius 3 is 2.14 bits per heavy atom. The predicted octanol–water partition coefficient (Wildman–Crippen LogP) is 6.35. The number of rotatable bonds is 0. The van der Waals surface area contributed by atoms with Gasteiger partial charge >= 0.3 is 0 Å². The molecule has 104 valence electrons. The summed E-state index contributed by atoms with van der Waals surface area (Å²) in [6, 6.07) is 22.3. The van der Waals surface area contributed by atoms with E-state index in [-0.39, 0.29) is 0 Å². The molecule has 0 radical (unpaired) electrons. The van der Waals surface area contributed by atoms with Gasteiger partial charge in [0.1, 0.15) is 0 Å². The molecule has 0 atom stereocenters. The average molecular weight is 280 g/mol. The third-order valence-electron chi connectivity index (χ3n) is 5.24. The van der Waals surface area contributed by atoms with E-state index in [0.717, 1.165) is 0 Å². The number of benzene rings is 5. The Kier molecular flexibility index (Phi) is 2.17. The van der Waals surface area contributed by atoms with E-state index < -0.39 is 0 Å². The third-order valence-corrected chi connectivity index (χ3v) is 5.24. The molecule has 0 unspecified atom stereocenters. The van der Waals surface area contributed by atoms with Crippen LogP contribution in [-0.2, 0) is 0 Å². The van der Waals surface area contributed by atoms with Crippen LogP contribution >= 0.6 is 0 Å². The van der Waals surface area contributed by atoms with Gasteiger partial charge in [-0.15, -0.1) is 0 Å². The molecule has 0 saturated heterocycles. The molecule has 0 fully saturated rings. The molecule has 22 heavy (non-hydrogen) atoms. The number of fused-ring (bicyclic) bond motifs is 2. The summed E-state index contributed by atoms with van der Waals surface area (Å²) >= 11 is 0. The second-order valence-electron chi connectivity index (χ2n) is 6.29. The molecule has 0 N–H and O–H groups in total. The van der Waals surface area contributed by atoms with Crippen molar-refractivity contribution < 1.29 is 0 Å². The molecular formula is C22H16. The Hall–Kier alpha value is -2.60. The molecule has 5 rings (SSSR count). The van der Waals surface area contributed by atoms with Crippen molar-refractivity contribution in [2.24, 2.45) is 0 Å². The van der Waals surface area contributed by atoms with Crippen LogP contribution in [0.4, 0.5) is 0 Å². The monoisotopic (exact) mass is 280 g/mol. The zero-order valence-corrected chi connectivity index (χ0v) is 12.8. The van der Waals surface area contributed by atoms with Crippen LogP contribution in [0.3, 0.4) is 0 Å². The minimum atomic E-state index is 1.33. The smallest absolute Gasteiger partial charge is 0.00175 e. The Balaban J connectivity index is 2.26. The van der Waals surface area contributed by atoms with Crippen molar-refractivity contribution in [1.82, 2.24) is 0 Å². The Morgan fingerprint density at radius 1 is 0.500 bits per heavy atom. The highest BCUT2D eigenvalue weighted by Gasteiger charge is 2.14. The number of hydrogen-bond donors (Lipinski definition) is 0. The molecule has 0 spiro atoms. The molecule has 0 heterocycles. The van der Waals surface area contributed by atoms with Crippen molar-refractivity contribution in [2.75, 3.05) is 0 Å². The van der Waals surface area contributed by atoms with Gasteiger partial charge in [-0.25, -0.2) is 0 Å². The van der Waals surface area contributed by atoms with Crippen molar-refractivity contribution in [1.29, 1.82) is 0 Å². The van der Waals surface area contributed by atoms with E-state index in [1.165, 1.54) is 54.2 Å². The molecule has 5 aromatic carbocycles. The highest BCUT2D eigenvalue weighted by Crippen LogP contribution is 2.41. The SMILES string of the molecule is Cc1c(C)c2cc3ccccc3c3ccc4cccc1c4c23. The Morgan fingerprint density at radius 2 is 1.23 bits per heavy atom. The molecule has 0 aliphatic rings. The van der Waals surface area contributed by atoms with Gasteiger partial charge in [-0.2, -0.15) is 0 Å². The van der Waals surface area contributed by atoms with Crippen molar-refractivity contribution in [3.05, 3.63) is 71.8 Å². The summed E-state index contributed by atoms with van der Waals surface area (Å²) in [7, 11) is 0. The van der Waals surface area contributed by atoms with Gasteiger partial charge < -0.3 is 0 Å². The van der Waals surface area contributed by atoms with E-state index in [2.05, 4.69) is 74.5 Å². The molecule has 0 nitrogen and oxygen atoms in total. The van der Waals surface area contributed by atoms with Crippen LogP contribution in [0.2, 0.25) is 0 Å². The summed E-state index contributed by atoms with van der Waals surface area (Å²) in [6.07, 6.45) is 0. The van der Waals surface area contributed by atoms with E-state index in [1.54, 1.807) is 0 Å². The zero-order chi connectivity index (χ0) is 14.8. The lowest BCUT2D eigenvalue weighted by Crippen LogP contribution is -1.92. The van der Waals surface area contributed by atoms with E-state index in [4.69, 9.17) is 0 Å². The molecule has 0 amide bonds. The Labute approximate surface area is 129 Å². The number of hydrogen-bond acceptors (Lipinski definition) is 0. The maximum Gasteiger partial charge on any atom is -0.00175 e. The topological polar surface area (TPSA) is 0 Å². The van der Waals surface area contributed by atoms with Crippen LogP contribution in [0.1, 0.15) is 11.1 Å². The van der Waals surface area contributed by atoms with Crippen molar-refractivity contribution >= 4 is 43.1 Å². The lowest BCUT2D eigenvalue weighted by Gasteiger charge is -2.17. The fourth-order valence-corrected chi connectivity index (χ4v) is 3.99. The fourth-order valence-electron chi connectivity index (χ4n) is 3.99. The van der Waals surface area contributed by atoms with Crippen LogP contribution < -0.4 is 0 Å². The van der Waals surface area contributed by atoms with Gasteiger partial charge in [0.2, 0.25) is 0 Å². The van der Waals surface area contributed by atoms with E-state index in [1.807, 2.05) is 0 Å². The first-order valence-corrected chi connectivity index (χ1v) is 7.81. The van der Waals surface area contributed by atoms with Crippen molar-refractivity contribution in [2.45, 2.75) is 13.8 Å². The predicted molar refractivity (Wildman–Crippen MR) is 97.1 cm³/mol. The van der Waals surface area contributed by atoms with Gasteiger partial charge in [-0.3, -0.25) is 0 Å². The molecule has 0 aliphatic heterocycles. The average Bonchev–Trinajstić information content (AvgIpc) is 2.57. The van der Waals surface area contributed by atoms with Gasteiger partial charge in [-0.05, 0) is 74.1 Å². The first kappa shape index (κ1) is 12.0. The van der Waals surface area contributed by atoms with Crippen LogP contribution in [0, 0.1) is 13.8 Å². The maximum atomic E-state index is 2.37. The first-order valence-electron chi connectivity index (χ1n) is 7.81. The number of aryl methyl sites for hydroxylation is 2. The highest BCUT2D eigenvalue weighted by molar-refractivity contribution is 6.30. The normalized spacial score (nSPS) is 12.1. The summed E-state index contributed by atoms with van der Waals surface area (Å²) in [5, 5.41) is 11.0. The summed E-state index contributed by atoms with van der Waals surface area (Å²) in [5.41, 5.74) is 2.81. The third kappa shape index (κ3) is 1.33.